The van der Waals surface area contributed by atoms with Crippen LogP contribution < -0.4 is 9.73 Å². The van der Waals surface area contributed by atoms with Gasteiger partial charge in [0.1, 0.15) is 6.54 Å². The van der Waals surface area contributed by atoms with Gasteiger partial charge in [-0.15, -0.1) is 0 Å². The molecule has 0 unspecified atom stereocenters. The summed E-state index contributed by atoms with van der Waals surface area (Å²) in [4.78, 5) is 12.8. The average molecular weight is 579 g/mol. The number of hydrogen-bond acceptors (Lipinski definition) is 4. The summed E-state index contributed by atoms with van der Waals surface area (Å²) in [6.45, 7) is 3.21. The van der Waals surface area contributed by atoms with E-state index < -0.39 is 22.5 Å². The van der Waals surface area contributed by atoms with Crippen LogP contribution in [0.4, 0.5) is 5.69 Å². The normalized spacial score (nSPS) is 11.8. The third kappa shape index (κ3) is 6.05. The lowest BCUT2D eigenvalue weighted by Gasteiger charge is -2.24. The van der Waals surface area contributed by atoms with E-state index in [0.29, 0.717) is 15.9 Å². The quantitative estimate of drug-likeness (QED) is 0.307. The summed E-state index contributed by atoms with van der Waals surface area (Å²) in [5, 5.41) is 4.13. The minimum atomic E-state index is -3.98. The molecular formula is C23H21Br2N3O3S. The summed E-state index contributed by atoms with van der Waals surface area (Å²) < 4.78 is 29.4. The average Bonchev–Trinajstić information content (AvgIpc) is 2.76. The number of carbonyl (C=O) groups is 1. The largest absolute Gasteiger partial charge is 0.271 e. The minimum absolute atomic E-state index is 0.102. The van der Waals surface area contributed by atoms with Crippen LogP contribution in [0, 0.1) is 6.92 Å². The maximum atomic E-state index is 13.4. The van der Waals surface area contributed by atoms with E-state index in [9.17, 15) is 13.2 Å². The first-order chi connectivity index (χ1) is 15.2. The smallest absolute Gasteiger partial charge is 0.264 e. The van der Waals surface area contributed by atoms with Gasteiger partial charge in [-0.1, -0.05) is 67.8 Å². The summed E-state index contributed by atoms with van der Waals surface area (Å²) in [7, 11) is -3.98. The fourth-order valence-electron chi connectivity index (χ4n) is 2.87. The number of rotatable bonds is 7. The van der Waals surface area contributed by atoms with E-state index in [0.717, 1.165) is 19.9 Å². The molecule has 0 aliphatic carbocycles. The number of nitrogens with zero attached hydrogens (tertiary/aromatic N) is 2. The van der Waals surface area contributed by atoms with Gasteiger partial charge < -0.3 is 0 Å². The van der Waals surface area contributed by atoms with Crippen LogP contribution in [-0.4, -0.2) is 26.6 Å². The number of nitrogens with one attached hydrogen (secondary N) is 1. The highest BCUT2D eigenvalue weighted by molar-refractivity contribution is 9.10. The number of benzene rings is 3. The van der Waals surface area contributed by atoms with Gasteiger partial charge in [-0.3, -0.25) is 9.10 Å². The van der Waals surface area contributed by atoms with Crippen LogP contribution in [0.2, 0.25) is 0 Å². The van der Waals surface area contributed by atoms with Gasteiger partial charge in [0.05, 0.1) is 16.3 Å². The Morgan fingerprint density at radius 1 is 0.969 bits per heavy atom. The number of carbonyl (C=O) groups excluding carboxylic acids is 1. The Morgan fingerprint density at radius 2 is 1.59 bits per heavy atom. The molecule has 0 aromatic heterocycles. The lowest BCUT2D eigenvalue weighted by atomic mass is 10.1. The van der Waals surface area contributed by atoms with Crippen molar-refractivity contribution >= 4 is 59.2 Å². The summed E-state index contributed by atoms with van der Waals surface area (Å²) in [6, 6.07) is 20.8. The van der Waals surface area contributed by atoms with Crippen LogP contribution in [0.15, 0.2) is 91.7 Å². The molecule has 3 aromatic carbocycles. The first-order valence-electron chi connectivity index (χ1n) is 9.61. The van der Waals surface area contributed by atoms with E-state index >= 15 is 0 Å². The highest BCUT2D eigenvalue weighted by atomic mass is 79.9. The van der Waals surface area contributed by atoms with Crippen LogP contribution in [-0.2, 0) is 14.8 Å². The van der Waals surface area contributed by atoms with E-state index in [1.807, 2.05) is 31.2 Å². The van der Waals surface area contributed by atoms with Gasteiger partial charge in [-0.05, 0) is 61.9 Å². The monoisotopic (exact) mass is 577 g/mol. The summed E-state index contributed by atoms with van der Waals surface area (Å²) in [5.41, 5.74) is 5.19. The van der Waals surface area contributed by atoms with E-state index in [1.54, 1.807) is 43.3 Å². The fourth-order valence-corrected chi connectivity index (χ4v) is 5.07. The number of halogens is 2. The molecule has 166 valence electrons. The third-order valence-electron chi connectivity index (χ3n) is 4.58. The van der Waals surface area contributed by atoms with Crippen LogP contribution in [0.3, 0.4) is 0 Å². The Bertz CT molecular complexity index is 1260. The van der Waals surface area contributed by atoms with E-state index in [4.69, 9.17) is 0 Å². The maximum Gasteiger partial charge on any atom is 0.264 e. The van der Waals surface area contributed by atoms with Crippen LogP contribution in [0.25, 0.3) is 0 Å². The maximum absolute atomic E-state index is 13.4. The number of amides is 1. The van der Waals surface area contributed by atoms with Gasteiger partial charge in [0.25, 0.3) is 15.9 Å². The van der Waals surface area contributed by atoms with Crippen LogP contribution in [0.1, 0.15) is 18.1 Å². The minimum Gasteiger partial charge on any atom is -0.271 e. The first kappa shape index (κ1) is 24.2. The molecule has 0 saturated carbocycles. The molecule has 0 bridgehead atoms. The standard InChI is InChI=1S/C23H21Br2N3O3S/c1-16-9-11-22(12-10-16)32(30,31)28(21-8-4-7-20(25)14-21)15-23(29)27-26-17(2)18-5-3-6-19(24)13-18/h3-14H,15H2,1-2H3,(H,27,29)/b26-17-. The number of aryl methyl sites for hydroxylation is 1. The Balaban J connectivity index is 1.88. The molecular weight excluding hydrogens is 558 g/mol. The molecule has 1 N–H and O–H groups in total. The van der Waals surface area contributed by atoms with Crippen molar-refractivity contribution < 1.29 is 13.2 Å². The zero-order valence-corrected chi connectivity index (χ0v) is 21.4. The van der Waals surface area contributed by atoms with Crippen molar-refractivity contribution in [2.24, 2.45) is 5.10 Å². The molecule has 0 radical (unpaired) electrons. The van der Waals surface area contributed by atoms with Crippen molar-refractivity contribution in [1.29, 1.82) is 0 Å². The van der Waals surface area contributed by atoms with Gasteiger partial charge in [0, 0.05) is 8.95 Å². The van der Waals surface area contributed by atoms with Gasteiger partial charge in [0.2, 0.25) is 0 Å². The molecule has 1 amide bonds. The summed E-state index contributed by atoms with van der Waals surface area (Å²) in [6.07, 6.45) is 0. The molecule has 3 rings (SSSR count). The van der Waals surface area contributed by atoms with Crippen molar-refractivity contribution in [2.75, 3.05) is 10.8 Å². The zero-order valence-electron chi connectivity index (χ0n) is 17.4. The lowest BCUT2D eigenvalue weighted by molar-refractivity contribution is -0.119. The molecule has 9 heteroatoms. The van der Waals surface area contributed by atoms with Crippen molar-refractivity contribution in [3.63, 3.8) is 0 Å². The van der Waals surface area contributed by atoms with Gasteiger partial charge in [-0.2, -0.15) is 5.10 Å². The van der Waals surface area contributed by atoms with Gasteiger partial charge in [-0.25, -0.2) is 13.8 Å². The predicted octanol–water partition coefficient (Wildman–Crippen LogP) is 5.26. The van der Waals surface area contributed by atoms with Crippen molar-refractivity contribution in [1.82, 2.24) is 5.43 Å². The van der Waals surface area contributed by atoms with Crippen LogP contribution >= 0.6 is 31.9 Å². The molecule has 0 spiro atoms. The number of sulfonamides is 1. The molecule has 6 nitrogen and oxygen atoms in total. The Kier molecular flexibility index (Phi) is 7.86. The molecule has 3 aromatic rings. The van der Waals surface area contributed by atoms with E-state index in [-0.39, 0.29) is 4.90 Å². The number of anilines is 1. The lowest BCUT2D eigenvalue weighted by Crippen LogP contribution is -2.39. The highest BCUT2D eigenvalue weighted by Crippen LogP contribution is 2.26. The number of hydrazone groups is 1. The van der Waals surface area contributed by atoms with Gasteiger partial charge in [0.15, 0.2) is 0 Å². The molecule has 0 fully saturated rings. The van der Waals surface area contributed by atoms with Crippen molar-refractivity contribution in [3.05, 3.63) is 92.9 Å². The summed E-state index contributed by atoms with van der Waals surface area (Å²) in [5.74, 6) is -0.560. The Labute approximate surface area is 204 Å². The van der Waals surface area contributed by atoms with Gasteiger partial charge >= 0.3 is 0 Å². The highest BCUT2D eigenvalue weighted by Gasteiger charge is 2.27. The molecule has 0 saturated heterocycles. The second-order valence-corrected chi connectivity index (χ2v) is 10.7. The predicted molar refractivity (Wildman–Crippen MR) is 134 cm³/mol. The molecule has 32 heavy (non-hydrogen) atoms. The van der Waals surface area contributed by atoms with Crippen molar-refractivity contribution in [3.8, 4) is 0 Å². The number of hydrogen-bond donors (Lipinski definition) is 1. The fraction of sp³-hybridized carbons (Fsp3) is 0.130. The molecule has 0 aliphatic heterocycles. The SMILES string of the molecule is C/C(=N/NC(=O)CN(c1cccc(Br)c1)S(=O)(=O)c1ccc(C)cc1)c1cccc(Br)c1. The molecule has 0 atom stereocenters. The van der Waals surface area contributed by atoms with Crippen molar-refractivity contribution in [2.45, 2.75) is 18.7 Å². The second-order valence-electron chi connectivity index (χ2n) is 7.05. The zero-order chi connectivity index (χ0) is 23.3. The summed E-state index contributed by atoms with van der Waals surface area (Å²) >= 11 is 6.77. The van der Waals surface area contributed by atoms with E-state index in [2.05, 4.69) is 42.4 Å². The van der Waals surface area contributed by atoms with Crippen LogP contribution in [0.5, 0.6) is 0 Å². The Morgan fingerprint density at radius 3 is 2.22 bits per heavy atom. The van der Waals surface area contributed by atoms with E-state index in [1.165, 1.54) is 12.1 Å². The third-order valence-corrected chi connectivity index (χ3v) is 7.36. The Hall–Kier alpha value is -2.49. The first-order valence-corrected chi connectivity index (χ1v) is 12.6. The topological polar surface area (TPSA) is 78.8 Å². The second kappa shape index (κ2) is 10.4. The molecule has 0 aliphatic rings. The molecule has 0 heterocycles.